The van der Waals surface area contributed by atoms with E-state index in [-0.39, 0.29) is 16.6 Å². The van der Waals surface area contributed by atoms with Gasteiger partial charge in [-0.2, -0.15) is 0 Å². The van der Waals surface area contributed by atoms with E-state index in [1.807, 2.05) is 72.9 Å². The number of phenolic OH excluding ortho intramolecular Hbond substituents is 1. The van der Waals surface area contributed by atoms with Gasteiger partial charge >= 0.3 is 0 Å². The molecule has 0 saturated carbocycles. The highest BCUT2D eigenvalue weighted by atomic mass is 16.3. The molecule has 0 unspecified atom stereocenters. The Kier molecular flexibility index (Phi) is 9.36. The largest absolute Gasteiger partial charge is 0.507 e. The minimum absolute atomic E-state index is 0.0833. The van der Waals surface area contributed by atoms with Crippen LogP contribution in [-0.4, -0.2) is 20.1 Å². The molecule has 0 amide bonds. The summed E-state index contributed by atoms with van der Waals surface area (Å²) in [5, 5.41) is 12.1. The molecule has 0 aliphatic carbocycles. The summed E-state index contributed by atoms with van der Waals surface area (Å²) in [5.41, 5.74) is 12.4. The van der Waals surface area contributed by atoms with Crippen molar-refractivity contribution in [1.29, 1.82) is 0 Å². The molecule has 6 nitrogen and oxygen atoms in total. The van der Waals surface area contributed by atoms with Gasteiger partial charge in [0, 0.05) is 34.1 Å². The first-order valence-electron chi connectivity index (χ1n) is 20.1. The van der Waals surface area contributed by atoms with Crippen molar-refractivity contribution in [3.05, 3.63) is 175 Å². The number of phenols is 1. The predicted octanol–water partition coefficient (Wildman–Crippen LogP) is 14.2. The van der Waals surface area contributed by atoms with Gasteiger partial charge in [0.2, 0.25) is 0 Å². The molecule has 3 aromatic heterocycles. The van der Waals surface area contributed by atoms with E-state index in [4.69, 9.17) is 19.4 Å². The fraction of sp³-hybridized carbons (Fsp3) is 0.151. The van der Waals surface area contributed by atoms with E-state index < -0.39 is 0 Å². The van der Waals surface area contributed by atoms with Gasteiger partial charge in [-0.25, -0.2) is 15.0 Å². The van der Waals surface area contributed by atoms with Gasteiger partial charge < -0.3 is 9.52 Å². The molecule has 0 spiro atoms. The van der Waals surface area contributed by atoms with Crippen LogP contribution in [0.25, 0.3) is 67.0 Å². The molecule has 1 N–H and O–H groups in total. The number of anilines is 3. The Morgan fingerprint density at radius 1 is 0.525 bits per heavy atom. The van der Waals surface area contributed by atoms with Crippen LogP contribution in [0.1, 0.15) is 52.7 Å². The van der Waals surface area contributed by atoms with E-state index in [2.05, 4.69) is 131 Å². The number of pyridine rings is 1. The lowest BCUT2D eigenvalue weighted by molar-refractivity contribution is 0.477. The summed E-state index contributed by atoms with van der Waals surface area (Å²) < 4.78 is 6.43. The van der Waals surface area contributed by atoms with Crippen LogP contribution < -0.4 is 4.90 Å². The third-order valence-corrected chi connectivity index (χ3v) is 10.9. The molecule has 0 aliphatic heterocycles. The maximum atomic E-state index is 11.2. The number of aromatic hydroxyl groups is 1. The number of rotatable bonds is 7. The molecule has 290 valence electrons. The quantitative estimate of drug-likeness (QED) is 0.174. The van der Waals surface area contributed by atoms with E-state index >= 15 is 0 Å². The van der Waals surface area contributed by atoms with Gasteiger partial charge in [-0.3, -0.25) is 4.90 Å². The third kappa shape index (κ3) is 7.34. The molecule has 0 fully saturated rings. The predicted molar refractivity (Wildman–Crippen MR) is 243 cm³/mol. The number of nitrogens with zero attached hydrogens (tertiary/aromatic N) is 4. The van der Waals surface area contributed by atoms with Gasteiger partial charge in [-0.05, 0) is 111 Å². The number of fused-ring (bicyclic) bond motifs is 3. The molecule has 9 aromatic rings. The van der Waals surface area contributed by atoms with Crippen LogP contribution in [0.3, 0.4) is 0 Å². The molecule has 0 radical (unpaired) electrons. The fourth-order valence-corrected chi connectivity index (χ4v) is 7.61. The Morgan fingerprint density at radius 3 is 1.85 bits per heavy atom. The summed E-state index contributed by atoms with van der Waals surface area (Å²) in [4.78, 5) is 17.6. The lowest BCUT2D eigenvalue weighted by atomic mass is 9.79. The number of para-hydroxylation sites is 2. The number of furan rings is 1. The monoisotopic (exact) mass is 770 g/mol. The van der Waals surface area contributed by atoms with Crippen LogP contribution >= 0.6 is 0 Å². The van der Waals surface area contributed by atoms with Gasteiger partial charge in [-0.1, -0.05) is 133 Å². The van der Waals surface area contributed by atoms with Crippen molar-refractivity contribution in [3.8, 4) is 50.6 Å². The highest BCUT2D eigenvalue weighted by molar-refractivity contribution is 6.07. The Labute approximate surface area is 345 Å². The highest BCUT2D eigenvalue weighted by Gasteiger charge is 2.25. The zero-order valence-corrected chi connectivity index (χ0v) is 34.2. The molecule has 0 aliphatic rings. The second-order valence-corrected chi connectivity index (χ2v) is 17.2. The zero-order chi connectivity index (χ0) is 40.9. The average Bonchev–Trinajstić information content (AvgIpc) is 3.63. The first kappa shape index (κ1) is 37.5. The minimum Gasteiger partial charge on any atom is -0.507 e. The van der Waals surface area contributed by atoms with Crippen molar-refractivity contribution in [1.82, 2.24) is 15.0 Å². The van der Waals surface area contributed by atoms with Crippen LogP contribution in [0, 0.1) is 0 Å². The molecule has 0 atom stereocenters. The summed E-state index contributed by atoms with van der Waals surface area (Å²) in [5.74, 6) is 1.39. The molecule has 6 heteroatoms. The molecular weight excluding hydrogens is 725 g/mol. The SMILES string of the molecule is CC(C)(C)c1cc(-c2cc(-c3nc(-c4ccccc4O)c4oc5ccccc5c4n3)cc(N(c3ccc(-c4ccccc4)cc3)c3ccccn3)c2)cc(C(C)(C)C)c1. The lowest BCUT2D eigenvalue weighted by Crippen LogP contribution is -2.16. The van der Waals surface area contributed by atoms with Gasteiger partial charge in [0.25, 0.3) is 0 Å². The van der Waals surface area contributed by atoms with Crippen molar-refractivity contribution in [3.63, 3.8) is 0 Å². The Morgan fingerprint density at radius 2 is 1.15 bits per heavy atom. The van der Waals surface area contributed by atoms with Crippen molar-refractivity contribution in [2.45, 2.75) is 52.4 Å². The van der Waals surface area contributed by atoms with Crippen LogP contribution in [0.4, 0.5) is 17.2 Å². The summed E-state index contributed by atoms with van der Waals surface area (Å²) in [6, 6.07) is 53.7. The molecule has 0 bridgehead atoms. The topological polar surface area (TPSA) is 75.3 Å². The zero-order valence-electron chi connectivity index (χ0n) is 34.2. The third-order valence-electron chi connectivity index (χ3n) is 10.9. The van der Waals surface area contributed by atoms with E-state index in [1.165, 1.54) is 11.1 Å². The number of hydrogen-bond acceptors (Lipinski definition) is 6. The van der Waals surface area contributed by atoms with Gasteiger partial charge in [0.1, 0.15) is 28.4 Å². The molecule has 59 heavy (non-hydrogen) atoms. The number of benzene rings is 6. The van der Waals surface area contributed by atoms with Crippen molar-refractivity contribution < 1.29 is 9.52 Å². The first-order chi connectivity index (χ1) is 28.4. The van der Waals surface area contributed by atoms with Crippen LogP contribution in [0.2, 0.25) is 0 Å². The second-order valence-electron chi connectivity index (χ2n) is 17.2. The van der Waals surface area contributed by atoms with E-state index in [0.717, 1.165) is 50.4 Å². The Bertz CT molecular complexity index is 2930. The molecule has 9 rings (SSSR count). The van der Waals surface area contributed by atoms with Gasteiger partial charge in [0.15, 0.2) is 11.4 Å². The van der Waals surface area contributed by atoms with Gasteiger partial charge in [-0.15, -0.1) is 0 Å². The Balaban J connectivity index is 1.33. The number of aromatic nitrogens is 3. The summed E-state index contributed by atoms with van der Waals surface area (Å²) in [6.07, 6.45) is 1.83. The minimum atomic E-state index is -0.0833. The van der Waals surface area contributed by atoms with Gasteiger partial charge in [0.05, 0.1) is 0 Å². The average molecular weight is 771 g/mol. The maximum Gasteiger partial charge on any atom is 0.180 e. The molecule has 3 heterocycles. The van der Waals surface area contributed by atoms with Crippen molar-refractivity contribution >= 4 is 39.3 Å². The van der Waals surface area contributed by atoms with E-state index in [1.54, 1.807) is 6.07 Å². The summed E-state index contributed by atoms with van der Waals surface area (Å²) >= 11 is 0. The maximum absolute atomic E-state index is 11.2. The Hall–Kier alpha value is -7.05. The van der Waals surface area contributed by atoms with E-state index in [9.17, 15) is 5.11 Å². The van der Waals surface area contributed by atoms with Crippen molar-refractivity contribution in [2.24, 2.45) is 0 Å². The highest BCUT2D eigenvalue weighted by Crippen LogP contribution is 2.43. The summed E-state index contributed by atoms with van der Waals surface area (Å²) in [7, 11) is 0. The van der Waals surface area contributed by atoms with E-state index in [0.29, 0.717) is 33.8 Å². The molecule has 6 aromatic carbocycles. The fourth-order valence-electron chi connectivity index (χ4n) is 7.61. The summed E-state index contributed by atoms with van der Waals surface area (Å²) in [6.45, 7) is 13.6. The smallest absolute Gasteiger partial charge is 0.180 e. The normalized spacial score (nSPS) is 12.0. The lowest BCUT2D eigenvalue weighted by Gasteiger charge is -2.28. The van der Waals surface area contributed by atoms with Crippen molar-refractivity contribution in [2.75, 3.05) is 4.90 Å². The molecular formula is C53H46N4O2. The standard InChI is InChI=1S/C53H46N4O2/c1-52(2,3)39-29-37(30-40(33-39)53(4,5)6)36-28-38(51-55-48(43-18-10-12-20-45(43)58)50-49(56-51)44-19-11-13-21-46(44)59-50)32-42(31-36)57(47-22-14-15-27-54-47)41-25-23-35(24-26-41)34-16-8-7-9-17-34/h7-33,58H,1-6H3. The van der Waals surface area contributed by atoms with Crippen LogP contribution in [0.5, 0.6) is 5.75 Å². The van der Waals surface area contributed by atoms with Crippen LogP contribution in [0.15, 0.2) is 168 Å². The second kappa shape index (κ2) is 14.7. The number of hydrogen-bond donors (Lipinski definition) is 1. The first-order valence-corrected chi connectivity index (χ1v) is 20.1. The van der Waals surface area contributed by atoms with Crippen LogP contribution in [-0.2, 0) is 10.8 Å². The molecule has 0 saturated heterocycles.